The van der Waals surface area contributed by atoms with Gasteiger partial charge in [-0.2, -0.15) is 0 Å². The molecule has 4 heteroatoms. The molecule has 0 aliphatic carbocycles. The topological polar surface area (TPSA) is 52.6 Å². The Bertz CT molecular complexity index is 284. The molecule has 0 aliphatic rings. The third-order valence-corrected chi connectivity index (χ3v) is 2.63. The van der Waals surface area contributed by atoms with Gasteiger partial charge in [0.15, 0.2) is 0 Å². The lowest BCUT2D eigenvalue weighted by Crippen LogP contribution is -2.13. The largest absolute Gasteiger partial charge is 0.463 e. The first-order valence-electron chi connectivity index (χ1n) is 7.15. The number of esters is 2. The van der Waals surface area contributed by atoms with E-state index in [0.717, 1.165) is 50.7 Å². The second kappa shape index (κ2) is 11.8. The van der Waals surface area contributed by atoms with E-state index in [1.807, 2.05) is 13.8 Å². The van der Waals surface area contributed by atoms with E-state index in [4.69, 9.17) is 9.47 Å². The lowest BCUT2D eigenvalue weighted by molar-refractivity contribution is -0.143. The van der Waals surface area contributed by atoms with Crippen molar-refractivity contribution in [2.24, 2.45) is 0 Å². The standard InChI is InChI=1S/C15H26O4/c1-4-6-8-9-13(3)19-15(17)11-10-14(16)18-12-7-5-2/h10-11,13H,4-9,12H2,1-3H3/b11-10+. The highest BCUT2D eigenvalue weighted by atomic mass is 16.5. The van der Waals surface area contributed by atoms with E-state index in [-0.39, 0.29) is 6.10 Å². The molecule has 0 saturated carbocycles. The Morgan fingerprint density at radius 3 is 2.26 bits per heavy atom. The van der Waals surface area contributed by atoms with E-state index >= 15 is 0 Å². The third-order valence-electron chi connectivity index (χ3n) is 2.63. The number of hydrogen-bond acceptors (Lipinski definition) is 4. The van der Waals surface area contributed by atoms with Gasteiger partial charge in [0, 0.05) is 12.2 Å². The van der Waals surface area contributed by atoms with Crippen LogP contribution in [0.3, 0.4) is 0 Å². The molecule has 110 valence electrons. The maximum Gasteiger partial charge on any atom is 0.331 e. The van der Waals surface area contributed by atoms with Gasteiger partial charge in [-0.15, -0.1) is 0 Å². The molecule has 1 atom stereocenters. The minimum Gasteiger partial charge on any atom is -0.463 e. The van der Waals surface area contributed by atoms with Gasteiger partial charge in [0.25, 0.3) is 0 Å². The Hall–Kier alpha value is -1.32. The average molecular weight is 270 g/mol. The van der Waals surface area contributed by atoms with E-state index in [1.54, 1.807) is 0 Å². The highest BCUT2D eigenvalue weighted by Gasteiger charge is 2.07. The fraction of sp³-hybridized carbons (Fsp3) is 0.733. The summed E-state index contributed by atoms with van der Waals surface area (Å²) in [6.07, 6.45) is 8.13. The molecule has 0 aromatic rings. The van der Waals surface area contributed by atoms with Gasteiger partial charge in [-0.1, -0.05) is 33.1 Å². The van der Waals surface area contributed by atoms with Crippen molar-refractivity contribution in [3.8, 4) is 0 Å². The smallest absolute Gasteiger partial charge is 0.331 e. The summed E-state index contributed by atoms with van der Waals surface area (Å²) >= 11 is 0. The first kappa shape index (κ1) is 17.7. The summed E-state index contributed by atoms with van der Waals surface area (Å²) in [4.78, 5) is 22.6. The van der Waals surface area contributed by atoms with Crippen LogP contribution in [0.5, 0.6) is 0 Å². The van der Waals surface area contributed by atoms with Crippen LogP contribution in [0.25, 0.3) is 0 Å². The molecular formula is C15H26O4. The van der Waals surface area contributed by atoms with Crippen LogP contribution in [0.1, 0.15) is 59.3 Å². The van der Waals surface area contributed by atoms with Crippen LogP contribution in [-0.4, -0.2) is 24.6 Å². The molecule has 0 radical (unpaired) electrons. The van der Waals surface area contributed by atoms with Crippen molar-refractivity contribution in [1.29, 1.82) is 0 Å². The summed E-state index contributed by atoms with van der Waals surface area (Å²) in [6.45, 7) is 6.40. The van der Waals surface area contributed by atoms with E-state index < -0.39 is 11.9 Å². The number of unbranched alkanes of at least 4 members (excludes halogenated alkanes) is 3. The molecule has 0 rings (SSSR count). The van der Waals surface area contributed by atoms with Gasteiger partial charge < -0.3 is 9.47 Å². The molecule has 1 unspecified atom stereocenters. The molecule has 0 N–H and O–H groups in total. The van der Waals surface area contributed by atoms with Gasteiger partial charge >= 0.3 is 11.9 Å². The molecule has 0 aliphatic heterocycles. The van der Waals surface area contributed by atoms with Crippen LogP contribution in [0.2, 0.25) is 0 Å². The normalized spacial score (nSPS) is 12.4. The van der Waals surface area contributed by atoms with Crippen molar-refractivity contribution in [3.63, 3.8) is 0 Å². The van der Waals surface area contributed by atoms with Crippen LogP contribution in [0.4, 0.5) is 0 Å². The van der Waals surface area contributed by atoms with Gasteiger partial charge in [0.2, 0.25) is 0 Å². The molecule has 0 fully saturated rings. The van der Waals surface area contributed by atoms with E-state index in [2.05, 4.69) is 6.92 Å². The number of hydrogen-bond donors (Lipinski definition) is 0. The molecule has 0 heterocycles. The second-order valence-corrected chi connectivity index (χ2v) is 4.60. The maximum absolute atomic E-state index is 11.4. The van der Waals surface area contributed by atoms with Crippen LogP contribution in [-0.2, 0) is 19.1 Å². The number of ether oxygens (including phenoxy) is 2. The van der Waals surface area contributed by atoms with Gasteiger partial charge in [-0.3, -0.25) is 0 Å². The zero-order chi connectivity index (χ0) is 14.5. The highest BCUT2D eigenvalue weighted by Crippen LogP contribution is 2.06. The predicted octanol–water partition coefficient (Wildman–Crippen LogP) is 3.40. The van der Waals surface area contributed by atoms with Crippen LogP contribution >= 0.6 is 0 Å². The fourth-order valence-corrected chi connectivity index (χ4v) is 1.48. The van der Waals surface area contributed by atoms with Gasteiger partial charge in [0.1, 0.15) is 0 Å². The van der Waals surface area contributed by atoms with Crippen molar-refractivity contribution in [2.45, 2.75) is 65.4 Å². The molecular weight excluding hydrogens is 244 g/mol. The SMILES string of the molecule is CCCCCC(C)OC(=O)/C=C/C(=O)OCCCC. The molecule has 0 aromatic heterocycles. The lowest BCUT2D eigenvalue weighted by Gasteiger charge is -2.10. The molecule has 0 amide bonds. The molecule has 0 spiro atoms. The highest BCUT2D eigenvalue weighted by molar-refractivity contribution is 5.91. The van der Waals surface area contributed by atoms with Gasteiger partial charge in [-0.25, -0.2) is 9.59 Å². The minimum atomic E-state index is -0.496. The summed E-state index contributed by atoms with van der Waals surface area (Å²) in [5, 5.41) is 0. The number of carbonyl (C=O) groups is 2. The summed E-state index contributed by atoms with van der Waals surface area (Å²) in [7, 11) is 0. The molecule has 19 heavy (non-hydrogen) atoms. The van der Waals surface area contributed by atoms with Crippen LogP contribution in [0, 0.1) is 0 Å². The summed E-state index contributed by atoms with van der Waals surface area (Å²) in [5.74, 6) is -0.986. The lowest BCUT2D eigenvalue weighted by atomic mass is 10.1. The van der Waals surface area contributed by atoms with Gasteiger partial charge in [0.05, 0.1) is 12.7 Å². The Kier molecular flexibility index (Phi) is 10.9. The minimum absolute atomic E-state index is 0.111. The third kappa shape index (κ3) is 11.5. The average Bonchev–Trinajstić information content (AvgIpc) is 2.37. The first-order chi connectivity index (χ1) is 9.10. The molecule has 4 nitrogen and oxygen atoms in total. The van der Waals surface area contributed by atoms with Crippen molar-refractivity contribution < 1.29 is 19.1 Å². The fourth-order valence-electron chi connectivity index (χ4n) is 1.48. The van der Waals surface area contributed by atoms with Gasteiger partial charge in [-0.05, 0) is 26.2 Å². The Balaban J connectivity index is 3.79. The van der Waals surface area contributed by atoms with Crippen molar-refractivity contribution >= 4 is 11.9 Å². The first-order valence-corrected chi connectivity index (χ1v) is 7.15. The quantitative estimate of drug-likeness (QED) is 0.347. The monoisotopic (exact) mass is 270 g/mol. The van der Waals surface area contributed by atoms with E-state index in [9.17, 15) is 9.59 Å². The summed E-state index contributed by atoms with van der Waals surface area (Å²) in [6, 6.07) is 0. The Morgan fingerprint density at radius 1 is 1.00 bits per heavy atom. The van der Waals surface area contributed by atoms with Crippen molar-refractivity contribution in [1.82, 2.24) is 0 Å². The molecule has 0 saturated heterocycles. The Morgan fingerprint density at radius 2 is 1.63 bits per heavy atom. The predicted molar refractivity (Wildman–Crippen MR) is 74.7 cm³/mol. The van der Waals surface area contributed by atoms with E-state index in [0.29, 0.717) is 6.61 Å². The van der Waals surface area contributed by atoms with Crippen LogP contribution in [0.15, 0.2) is 12.2 Å². The summed E-state index contributed by atoms with van der Waals surface area (Å²) < 4.78 is 10.0. The Labute approximate surface area is 116 Å². The maximum atomic E-state index is 11.4. The summed E-state index contributed by atoms with van der Waals surface area (Å²) in [5.41, 5.74) is 0. The zero-order valence-electron chi connectivity index (χ0n) is 12.3. The van der Waals surface area contributed by atoms with Crippen LogP contribution < -0.4 is 0 Å². The number of carbonyl (C=O) groups excluding carboxylic acids is 2. The van der Waals surface area contributed by atoms with E-state index in [1.165, 1.54) is 0 Å². The zero-order valence-corrected chi connectivity index (χ0v) is 12.3. The van der Waals surface area contributed by atoms with Crippen molar-refractivity contribution in [3.05, 3.63) is 12.2 Å². The molecule has 0 aromatic carbocycles. The number of rotatable bonds is 10. The van der Waals surface area contributed by atoms with Crippen molar-refractivity contribution in [2.75, 3.05) is 6.61 Å². The molecule has 0 bridgehead atoms. The second-order valence-electron chi connectivity index (χ2n) is 4.60.